The topological polar surface area (TPSA) is 33.3 Å². The number of hydrogen-bond donors (Lipinski definition) is 2. The summed E-state index contributed by atoms with van der Waals surface area (Å²) in [7, 11) is 0. The lowest BCUT2D eigenvalue weighted by Gasteiger charge is -2.34. The Balaban J connectivity index is 1.44. The highest BCUT2D eigenvalue weighted by atomic mass is 16.5. The number of piperidine rings is 1. The largest absolute Gasteiger partial charge is 0.488 e. The molecule has 1 saturated heterocycles. The summed E-state index contributed by atoms with van der Waals surface area (Å²) < 4.78 is 6.20. The van der Waals surface area contributed by atoms with Crippen LogP contribution in [0.3, 0.4) is 0 Å². The Bertz CT molecular complexity index is 741. The quantitative estimate of drug-likeness (QED) is 0.859. The maximum absolute atomic E-state index is 6.20. The third-order valence-electron chi connectivity index (χ3n) is 5.70. The normalized spacial score (nSPS) is 24.5. The fourth-order valence-corrected chi connectivity index (χ4v) is 4.16. The van der Waals surface area contributed by atoms with Gasteiger partial charge < -0.3 is 15.4 Å². The van der Waals surface area contributed by atoms with Crippen molar-refractivity contribution in [3.05, 3.63) is 65.2 Å². The van der Waals surface area contributed by atoms with Crippen LogP contribution in [0.25, 0.3) is 0 Å². The molecule has 0 aromatic heterocycles. The van der Waals surface area contributed by atoms with E-state index in [0.717, 1.165) is 31.7 Å². The van der Waals surface area contributed by atoms with E-state index in [4.69, 9.17) is 4.74 Å². The molecule has 2 aliphatic rings. The molecule has 4 rings (SSSR count). The van der Waals surface area contributed by atoms with Gasteiger partial charge in [-0.3, -0.25) is 0 Å². The lowest BCUT2D eigenvalue weighted by Crippen LogP contribution is -2.45. The monoisotopic (exact) mass is 350 g/mol. The molecule has 2 heterocycles. The van der Waals surface area contributed by atoms with Gasteiger partial charge in [-0.2, -0.15) is 0 Å². The van der Waals surface area contributed by atoms with Crippen LogP contribution in [0.15, 0.2) is 48.5 Å². The minimum atomic E-state index is -0.0508. The van der Waals surface area contributed by atoms with E-state index in [-0.39, 0.29) is 5.60 Å². The van der Waals surface area contributed by atoms with Gasteiger partial charge in [0, 0.05) is 18.6 Å². The second-order valence-corrected chi connectivity index (χ2v) is 8.28. The van der Waals surface area contributed by atoms with Crippen LogP contribution in [0.4, 0.5) is 0 Å². The number of aryl methyl sites for hydroxylation is 1. The molecule has 0 spiro atoms. The number of nitrogens with one attached hydrogen (secondary N) is 2. The minimum Gasteiger partial charge on any atom is -0.488 e. The Kier molecular flexibility index (Phi) is 5.01. The van der Waals surface area contributed by atoms with Gasteiger partial charge in [-0.1, -0.05) is 42.5 Å². The number of rotatable bonds is 4. The molecule has 0 radical (unpaired) electrons. The van der Waals surface area contributed by atoms with E-state index in [0.29, 0.717) is 12.1 Å². The van der Waals surface area contributed by atoms with E-state index in [1.807, 2.05) is 0 Å². The van der Waals surface area contributed by atoms with Gasteiger partial charge >= 0.3 is 0 Å². The molecule has 2 aliphatic heterocycles. The van der Waals surface area contributed by atoms with Crippen molar-refractivity contribution in [2.24, 2.45) is 0 Å². The molecule has 0 bridgehead atoms. The highest BCUT2D eigenvalue weighted by Gasteiger charge is 2.27. The van der Waals surface area contributed by atoms with Crippen LogP contribution in [0.5, 0.6) is 5.75 Å². The number of hydrogen-bond acceptors (Lipinski definition) is 3. The average Bonchev–Trinajstić information content (AvgIpc) is 2.66. The van der Waals surface area contributed by atoms with E-state index in [1.165, 1.54) is 29.5 Å². The summed E-state index contributed by atoms with van der Waals surface area (Å²) in [5.41, 5.74) is 3.97. The molecular weight excluding hydrogens is 320 g/mol. The number of benzene rings is 2. The highest BCUT2D eigenvalue weighted by molar-refractivity contribution is 5.39. The summed E-state index contributed by atoms with van der Waals surface area (Å²) in [6.07, 6.45) is 4.63. The number of fused-ring (bicyclic) bond motifs is 1. The highest BCUT2D eigenvalue weighted by Crippen LogP contribution is 2.33. The van der Waals surface area contributed by atoms with E-state index < -0.39 is 0 Å². The molecule has 3 nitrogen and oxygen atoms in total. The first kappa shape index (κ1) is 17.6. The molecule has 2 N–H and O–H groups in total. The summed E-state index contributed by atoms with van der Waals surface area (Å²) in [4.78, 5) is 0. The van der Waals surface area contributed by atoms with Gasteiger partial charge in [-0.05, 0) is 68.8 Å². The molecule has 2 aromatic rings. The Morgan fingerprint density at radius 3 is 2.85 bits per heavy atom. The molecular formula is C23H30N2O. The van der Waals surface area contributed by atoms with Crippen LogP contribution in [-0.2, 0) is 13.0 Å². The Hall–Kier alpha value is -1.84. The first-order valence-corrected chi connectivity index (χ1v) is 9.93. The number of ether oxygens (including phenoxy) is 1. The van der Waals surface area contributed by atoms with Gasteiger partial charge in [0.25, 0.3) is 0 Å². The van der Waals surface area contributed by atoms with Gasteiger partial charge in [0.1, 0.15) is 11.4 Å². The third kappa shape index (κ3) is 3.94. The maximum Gasteiger partial charge on any atom is 0.123 e. The predicted octanol–water partition coefficient (Wildman–Crippen LogP) is 4.37. The fourth-order valence-electron chi connectivity index (χ4n) is 4.16. The smallest absolute Gasteiger partial charge is 0.123 e. The summed E-state index contributed by atoms with van der Waals surface area (Å²) in [5, 5.41) is 7.49. The zero-order valence-corrected chi connectivity index (χ0v) is 15.9. The Labute approximate surface area is 157 Å². The van der Waals surface area contributed by atoms with Crippen molar-refractivity contribution < 1.29 is 4.74 Å². The lowest BCUT2D eigenvalue weighted by molar-refractivity contribution is 0.0845. The molecule has 0 saturated carbocycles. The summed E-state index contributed by atoms with van der Waals surface area (Å²) in [6.45, 7) is 6.34. The van der Waals surface area contributed by atoms with Gasteiger partial charge in [-0.15, -0.1) is 0 Å². The Morgan fingerprint density at radius 2 is 2.00 bits per heavy atom. The van der Waals surface area contributed by atoms with Crippen molar-refractivity contribution in [1.82, 2.24) is 10.6 Å². The first-order chi connectivity index (χ1) is 12.6. The molecule has 138 valence electrons. The molecule has 3 heteroatoms. The zero-order chi connectivity index (χ0) is 18.0. The molecule has 2 aromatic carbocycles. The maximum atomic E-state index is 6.20. The van der Waals surface area contributed by atoms with Crippen molar-refractivity contribution in [2.45, 2.75) is 63.8 Å². The average molecular weight is 351 g/mol. The van der Waals surface area contributed by atoms with Crippen molar-refractivity contribution in [3.63, 3.8) is 0 Å². The zero-order valence-electron chi connectivity index (χ0n) is 15.9. The van der Waals surface area contributed by atoms with Crippen LogP contribution >= 0.6 is 0 Å². The molecule has 2 unspecified atom stereocenters. The Morgan fingerprint density at radius 1 is 1.15 bits per heavy atom. The third-order valence-corrected chi connectivity index (χ3v) is 5.70. The molecule has 2 atom stereocenters. The van der Waals surface area contributed by atoms with E-state index in [2.05, 4.69) is 73.0 Å². The van der Waals surface area contributed by atoms with Crippen LogP contribution in [-0.4, -0.2) is 18.2 Å². The second kappa shape index (κ2) is 7.42. The molecule has 0 aliphatic carbocycles. The van der Waals surface area contributed by atoms with Crippen LogP contribution in [0.1, 0.15) is 55.8 Å². The van der Waals surface area contributed by atoms with Crippen LogP contribution in [0.2, 0.25) is 0 Å². The van der Waals surface area contributed by atoms with E-state index in [1.54, 1.807) is 0 Å². The van der Waals surface area contributed by atoms with Crippen molar-refractivity contribution in [3.8, 4) is 5.75 Å². The predicted molar refractivity (Wildman–Crippen MR) is 107 cm³/mol. The molecule has 26 heavy (non-hydrogen) atoms. The van der Waals surface area contributed by atoms with E-state index >= 15 is 0 Å². The fraction of sp³-hybridized carbons (Fsp3) is 0.478. The summed E-state index contributed by atoms with van der Waals surface area (Å²) >= 11 is 0. The SMILES string of the molecule is CC1(C)CCc2ccc(CNC3CCCNC3c3ccccc3)cc2O1. The van der Waals surface area contributed by atoms with Gasteiger partial charge in [-0.25, -0.2) is 0 Å². The molecule has 1 fully saturated rings. The molecule has 0 amide bonds. The van der Waals surface area contributed by atoms with Crippen molar-refractivity contribution in [2.75, 3.05) is 6.54 Å². The first-order valence-electron chi connectivity index (χ1n) is 9.93. The van der Waals surface area contributed by atoms with Crippen molar-refractivity contribution in [1.29, 1.82) is 0 Å². The van der Waals surface area contributed by atoms with Crippen molar-refractivity contribution >= 4 is 0 Å². The van der Waals surface area contributed by atoms with Crippen LogP contribution in [0, 0.1) is 0 Å². The van der Waals surface area contributed by atoms with Gasteiger partial charge in [0.05, 0.1) is 0 Å². The summed E-state index contributed by atoms with van der Waals surface area (Å²) in [6, 6.07) is 18.4. The second-order valence-electron chi connectivity index (χ2n) is 8.28. The van der Waals surface area contributed by atoms with E-state index in [9.17, 15) is 0 Å². The van der Waals surface area contributed by atoms with Gasteiger partial charge in [0.2, 0.25) is 0 Å². The minimum absolute atomic E-state index is 0.0508. The summed E-state index contributed by atoms with van der Waals surface area (Å²) in [5.74, 6) is 1.07. The van der Waals surface area contributed by atoms with Gasteiger partial charge in [0.15, 0.2) is 0 Å². The lowest BCUT2D eigenvalue weighted by atomic mass is 9.91. The standard InChI is InChI=1S/C23H30N2O/c1-23(2)13-12-18-11-10-17(15-21(18)26-23)16-25-20-9-6-14-24-22(20)19-7-4-3-5-8-19/h3-5,7-8,10-11,15,20,22,24-25H,6,9,12-14,16H2,1-2H3. The van der Waals surface area contributed by atoms with Crippen LogP contribution < -0.4 is 15.4 Å².